The monoisotopic (exact) mass is 645 g/mol. The molecule has 0 atom stereocenters. The van der Waals surface area contributed by atoms with Crippen LogP contribution in [0.1, 0.15) is 24.2 Å². The van der Waals surface area contributed by atoms with Crippen LogP contribution in [0, 0.1) is 11.6 Å². The Bertz CT molecular complexity index is 1780. The molecule has 1 fully saturated rings. The summed E-state index contributed by atoms with van der Waals surface area (Å²) in [6.45, 7) is 1.88. The van der Waals surface area contributed by atoms with E-state index in [1.165, 1.54) is 39.5 Å². The van der Waals surface area contributed by atoms with Crippen molar-refractivity contribution in [3.63, 3.8) is 0 Å². The van der Waals surface area contributed by atoms with Crippen molar-refractivity contribution in [3.8, 4) is 34.3 Å². The molecule has 3 heterocycles. The third-order valence-corrected chi connectivity index (χ3v) is 7.20. The second-order valence-corrected chi connectivity index (χ2v) is 10.6. The molecule has 11 nitrogen and oxygen atoms in total. The first-order chi connectivity index (χ1) is 21.9. The summed E-state index contributed by atoms with van der Waals surface area (Å²) >= 11 is 0. The maximum Gasteiger partial charge on any atom is 0.387 e. The fourth-order valence-electron chi connectivity index (χ4n) is 5.09. The lowest BCUT2D eigenvalue weighted by Gasteiger charge is -2.40. The van der Waals surface area contributed by atoms with E-state index in [0.717, 1.165) is 33.6 Å². The molecule has 0 aliphatic carbocycles. The van der Waals surface area contributed by atoms with Crippen LogP contribution < -0.4 is 30.0 Å². The highest BCUT2D eigenvalue weighted by Gasteiger charge is 2.32. The Kier molecular flexibility index (Phi) is 9.23. The molecular formula is C31H31F4N5O6. The zero-order valence-corrected chi connectivity index (χ0v) is 25.5. The number of carbonyl (C=O) groups excluding carboxylic acids is 1. The Hall–Kier alpha value is -5.05. The fraction of sp³-hybridized carbons (Fsp3) is 0.323. The van der Waals surface area contributed by atoms with Crippen molar-refractivity contribution in [3.05, 3.63) is 76.1 Å². The van der Waals surface area contributed by atoms with Gasteiger partial charge in [-0.05, 0) is 38.1 Å². The second-order valence-electron chi connectivity index (χ2n) is 10.6. The smallest absolute Gasteiger partial charge is 0.387 e. The lowest BCUT2D eigenvalue weighted by Crippen LogP contribution is -2.53. The van der Waals surface area contributed by atoms with Crippen LogP contribution in [0.4, 0.5) is 29.1 Å². The van der Waals surface area contributed by atoms with Crippen LogP contribution >= 0.6 is 0 Å². The van der Waals surface area contributed by atoms with Crippen molar-refractivity contribution in [1.29, 1.82) is 0 Å². The van der Waals surface area contributed by atoms with Gasteiger partial charge in [-0.15, -0.1) is 0 Å². The number of methoxy groups -OCH3 is 2. The van der Waals surface area contributed by atoms with E-state index in [-0.39, 0.29) is 40.8 Å². The van der Waals surface area contributed by atoms with Crippen LogP contribution in [0.2, 0.25) is 0 Å². The first kappa shape index (κ1) is 32.3. The van der Waals surface area contributed by atoms with Gasteiger partial charge in [0.2, 0.25) is 0 Å². The number of ether oxygens (including phenoxy) is 4. The number of pyridine rings is 1. The largest absolute Gasteiger partial charge is 0.497 e. The van der Waals surface area contributed by atoms with Crippen molar-refractivity contribution in [2.45, 2.75) is 32.7 Å². The van der Waals surface area contributed by atoms with Crippen molar-refractivity contribution >= 4 is 17.4 Å². The highest BCUT2D eigenvalue weighted by atomic mass is 19.3. The molecule has 0 unspecified atom stereocenters. The van der Waals surface area contributed by atoms with Gasteiger partial charge in [0.1, 0.15) is 46.1 Å². The summed E-state index contributed by atoms with van der Waals surface area (Å²) in [5, 5.41) is 2.45. The van der Waals surface area contributed by atoms with Gasteiger partial charge in [0.05, 0.1) is 32.0 Å². The number of rotatable bonds is 11. The number of nitrogens with one attached hydrogen (secondary N) is 1. The highest BCUT2D eigenvalue weighted by molar-refractivity contribution is 6.06. The first-order valence-corrected chi connectivity index (χ1v) is 14.1. The van der Waals surface area contributed by atoms with E-state index in [1.807, 2.05) is 18.7 Å². The van der Waals surface area contributed by atoms with Gasteiger partial charge < -0.3 is 29.2 Å². The molecule has 5 rings (SSSR count). The van der Waals surface area contributed by atoms with Crippen LogP contribution in [-0.4, -0.2) is 66.4 Å². The zero-order valence-electron chi connectivity index (χ0n) is 25.5. The average Bonchev–Trinajstić information content (AvgIpc) is 3.22. The van der Waals surface area contributed by atoms with Crippen molar-refractivity contribution < 1.29 is 41.3 Å². The normalized spacial score (nSPS) is 13.2. The molecule has 4 aromatic rings. The Morgan fingerprint density at radius 2 is 1.52 bits per heavy atom. The minimum absolute atomic E-state index is 0.0142. The number of alkyl halides is 2. The Balaban J connectivity index is 1.62. The van der Waals surface area contributed by atoms with Gasteiger partial charge in [-0.25, -0.2) is 13.8 Å². The van der Waals surface area contributed by atoms with Crippen LogP contribution in [0.5, 0.6) is 17.2 Å². The van der Waals surface area contributed by atoms with E-state index in [0.29, 0.717) is 24.7 Å². The number of amides is 1. The summed E-state index contributed by atoms with van der Waals surface area (Å²) < 4.78 is 78.9. The van der Waals surface area contributed by atoms with Crippen LogP contribution in [0.15, 0.2) is 53.3 Å². The number of hydrogen-bond donors (Lipinski definition) is 1. The molecule has 1 saturated heterocycles. The summed E-state index contributed by atoms with van der Waals surface area (Å²) in [6.07, 6.45) is 0.0253. The number of halogens is 4. The van der Waals surface area contributed by atoms with E-state index in [2.05, 4.69) is 15.0 Å². The SMILES string of the molecule is COc1cc(N2CC(OC(C)C)C2)nc(-n2c(=O)c(NC(=O)c3ccc(OC(F)F)cc3)c(-c3c(F)cc(OC)cc3F)n2C)c1. The molecule has 1 aliphatic heterocycles. The number of aromatic nitrogens is 3. The van der Waals surface area contributed by atoms with Gasteiger partial charge in [-0.1, -0.05) is 0 Å². The molecule has 244 valence electrons. The highest BCUT2D eigenvalue weighted by Crippen LogP contribution is 2.35. The third-order valence-electron chi connectivity index (χ3n) is 7.20. The predicted molar refractivity (Wildman–Crippen MR) is 161 cm³/mol. The van der Waals surface area contributed by atoms with E-state index < -0.39 is 41.0 Å². The van der Waals surface area contributed by atoms with Gasteiger partial charge in [0.25, 0.3) is 11.5 Å². The molecule has 2 aromatic heterocycles. The summed E-state index contributed by atoms with van der Waals surface area (Å²) in [6, 6.07) is 9.69. The predicted octanol–water partition coefficient (Wildman–Crippen LogP) is 5.00. The molecule has 0 saturated carbocycles. The first-order valence-electron chi connectivity index (χ1n) is 14.1. The molecule has 2 aromatic carbocycles. The molecule has 1 amide bonds. The van der Waals surface area contributed by atoms with E-state index in [1.54, 1.807) is 6.07 Å². The van der Waals surface area contributed by atoms with Gasteiger partial charge >= 0.3 is 6.61 Å². The lowest BCUT2D eigenvalue weighted by molar-refractivity contribution is -0.0498. The van der Waals surface area contributed by atoms with Crippen molar-refractivity contribution in [2.24, 2.45) is 7.05 Å². The Morgan fingerprint density at radius 1 is 0.935 bits per heavy atom. The molecule has 46 heavy (non-hydrogen) atoms. The van der Waals surface area contributed by atoms with E-state index in [4.69, 9.17) is 14.2 Å². The van der Waals surface area contributed by atoms with Crippen molar-refractivity contribution in [2.75, 3.05) is 37.5 Å². The minimum Gasteiger partial charge on any atom is -0.497 e. The van der Waals surface area contributed by atoms with Crippen LogP contribution in [-0.2, 0) is 11.8 Å². The minimum atomic E-state index is -3.07. The summed E-state index contributed by atoms with van der Waals surface area (Å²) in [7, 11) is 4.06. The molecule has 1 N–H and O–H groups in total. The molecular weight excluding hydrogens is 614 g/mol. The summed E-state index contributed by atoms with van der Waals surface area (Å²) in [5.74, 6) is -2.43. The zero-order chi connectivity index (χ0) is 33.3. The van der Waals surface area contributed by atoms with Gasteiger partial charge in [0, 0.05) is 50.0 Å². The quantitative estimate of drug-likeness (QED) is 0.227. The third kappa shape index (κ3) is 6.49. The number of carbonyl (C=O) groups is 1. The second kappa shape index (κ2) is 13.1. The van der Waals surface area contributed by atoms with Crippen molar-refractivity contribution in [1.82, 2.24) is 14.3 Å². The van der Waals surface area contributed by atoms with Crippen LogP contribution in [0.25, 0.3) is 17.1 Å². The maximum absolute atomic E-state index is 15.5. The average molecular weight is 646 g/mol. The van der Waals surface area contributed by atoms with Gasteiger partial charge in [0.15, 0.2) is 5.82 Å². The number of hydrogen-bond acceptors (Lipinski definition) is 8. The maximum atomic E-state index is 15.5. The number of anilines is 2. The Morgan fingerprint density at radius 3 is 2.09 bits per heavy atom. The van der Waals surface area contributed by atoms with Gasteiger partial charge in [-0.3, -0.25) is 14.3 Å². The standard InChI is InChI=1S/C31H31F4N5O6/c1-16(2)45-21-14-39(15-21)24-12-20(44-5)13-25(36-24)40-30(42)27(37-29(41)17-6-8-18(9-7-17)46-31(34)35)28(38(40)3)26-22(32)10-19(43-4)11-23(26)33/h6-13,16,21,31H,14-15H2,1-5H3,(H,37,41). The molecule has 15 heteroatoms. The molecule has 0 bridgehead atoms. The Labute approximate surface area is 260 Å². The summed E-state index contributed by atoms with van der Waals surface area (Å²) in [5.41, 5.74) is -2.31. The number of nitrogens with zero attached hydrogens (tertiary/aromatic N) is 4. The van der Waals surface area contributed by atoms with Crippen LogP contribution in [0.3, 0.4) is 0 Å². The van der Waals surface area contributed by atoms with E-state index in [9.17, 15) is 18.4 Å². The molecule has 0 spiro atoms. The van der Waals surface area contributed by atoms with Gasteiger partial charge in [-0.2, -0.15) is 13.5 Å². The summed E-state index contributed by atoms with van der Waals surface area (Å²) in [4.78, 5) is 33.9. The lowest BCUT2D eigenvalue weighted by atomic mass is 10.1. The number of benzene rings is 2. The molecule has 1 aliphatic rings. The molecule has 0 radical (unpaired) electrons. The fourth-order valence-corrected chi connectivity index (χ4v) is 5.09. The van der Waals surface area contributed by atoms with E-state index >= 15 is 8.78 Å². The topological polar surface area (TPSA) is 109 Å².